The Balaban J connectivity index is 1.31. The number of carbonyl (C=O) groups excluding carboxylic acids is 1. The number of fused-ring (bicyclic) bond motifs is 2. The van der Waals surface area contributed by atoms with Crippen LogP contribution >= 0.6 is 0 Å². The molecular weight excluding hydrogens is 387 g/mol. The number of H-pyrrole nitrogens is 1. The molecule has 2 aromatic carbocycles. The lowest BCUT2D eigenvalue weighted by molar-refractivity contribution is 0.0883. The summed E-state index contributed by atoms with van der Waals surface area (Å²) in [6.07, 6.45) is 1.56. The fraction of sp³-hybridized carbons (Fsp3) is 0.364. The Labute approximate surface area is 173 Å². The minimum Gasteiger partial charge on any atom is -0.486 e. The van der Waals surface area contributed by atoms with Crippen molar-refractivity contribution >= 4 is 16.9 Å². The molecule has 1 saturated heterocycles. The molecule has 0 spiro atoms. The van der Waals surface area contributed by atoms with Crippen LogP contribution in [0.2, 0.25) is 0 Å². The van der Waals surface area contributed by atoms with Gasteiger partial charge in [-0.2, -0.15) is 0 Å². The highest BCUT2D eigenvalue weighted by molar-refractivity contribution is 5.95. The number of aromatic nitrogens is 2. The first kappa shape index (κ1) is 18.9. The number of piperidine rings is 1. The van der Waals surface area contributed by atoms with E-state index in [0.29, 0.717) is 35.8 Å². The molecule has 2 N–H and O–H groups in total. The summed E-state index contributed by atoms with van der Waals surface area (Å²) in [7, 11) is 2.04. The van der Waals surface area contributed by atoms with Gasteiger partial charge in [-0.05, 0) is 56.3 Å². The van der Waals surface area contributed by atoms with E-state index in [-0.39, 0.29) is 23.8 Å². The summed E-state index contributed by atoms with van der Waals surface area (Å²) in [6.45, 7) is 1.82. The predicted molar refractivity (Wildman–Crippen MR) is 109 cm³/mol. The summed E-state index contributed by atoms with van der Waals surface area (Å²) >= 11 is 0. The second-order valence-corrected chi connectivity index (χ2v) is 7.83. The van der Waals surface area contributed by atoms with E-state index in [1.54, 1.807) is 24.3 Å². The molecule has 5 rings (SSSR count). The van der Waals surface area contributed by atoms with Crippen LogP contribution in [0.5, 0.6) is 11.5 Å². The van der Waals surface area contributed by atoms with E-state index < -0.39 is 0 Å². The van der Waals surface area contributed by atoms with Gasteiger partial charge in [0.2, 0.25) is 0 Å². The van der Waals surface area contributed by atoms with Gasteiger partial charge >= 0.3 is 0 Å². The van der Waals surface area contributed by atoms with E-state index in [1.807, 2.05) is 7.05 Å². The maximum Gasteiger partial charge on any atom is 0.251 e. The molecule has 0 radical (unpaired) electrons. The fourth-order valence-electron chi connectivity index (χ4n) is 4.15. The second-order valence-electron chi connectivity index (χ2n) is 7.83. The maximum atomic E-state index is 13.5. The van der Waals surface area contributed by atoms with E-state index in [9.17, 15) is 9.18 Å². The van der Waals surface area contributed by atoms with Gasteiger partial charge in [-0.1, -0.05) is 0 Å². The predicted octanol–water partition coefficient (Wildman–Crippen LogP) is 3.04. The van der Waals surface area contributed by atoms with Gasteiger partial charge < -0.3 is 19.8 Å². The number of halogens is 1. The van der Waals surface area contributed by atoms with Crippen LogP contribution in [0, 0.1) is 5.82 Å². The first-order chi connectivity index (χ1) is 14.6. The SMILES string of the molecule is CN1CCC(NC(=O)c2ccc3c(c2)OCCO3)C[C@@H]1c1nc2ccc(F)cc2[nH]1. The van der Waals surface area contributed by atoms with Gasteiger partial charge in [-0.15, -0.1) is 0 Å². The fourth-order valence-corrected chi connectivity index (χ4v) is 4.15. The Morgan fingerprint density at radius 2 is 2.03 bits per heavy atom. The van der Waals surface area contributed by atoms with Crippen molar-refractivity contribution in [2.24, 2.45) is 0 Å². The topological polar surface area (TPSA) is 79.5 Å². The number of amides is 1. The quantitative estimate of drug-likeness (QED) is 0.694. The molecule has 2 atom stereocenters. The number of ether oxygens (including phenoxy) is 2. The minimum atomic E-state index is -0.292. The minimum absolute atomic E-state index is 0.0110. The normalized spacial score (nSPS) is 21.5. The van der Waals surface area contributed by atoms with Crippen molar-refractivity contribution in [3.8, 4) is 11.5 Å². The van der Waals surface area contributed by atoms with Crippen LogP contribution in [0.1, 0.15) is 35.1 Å². The van der Waals surface area contributed by atoms with Crippen LogP contribution in [0.25, 0.3) is 11.0 Å². The van der Waals surface area contributed by atoms with Crippen LogP contribution in [0.3, 0.4) is 0 Å². The van der Waals surface area contributed by atoms with Gasteiger partial charge in [0.15, 0.2) is 11.5 Å². The number of likely N-dealkylation sites (tertiary alicyclic amines) is 1. The first-order valence-electron chi connectivity index (χ1n) is 10.1. The number of benzene rings is 2. The highest BCUT2D eigenvalue weighted by atomic mass is 19.1. The van der Waals surface area contributed by atoms with Gasteiger partial charge in [0.1, 0.15) is 24.9 Å². The number of hydrogen-bond acceptors (Lipinski definition) is 5. The molecule has 156 valence electrons. The van der Waals surface area contributed by atoms with Gasteiger partial charge in [-0.25, -0.2) is 9.37 Å². The summed E-state index contributed by atoms with van der Waals surface area (Å²) in [4.78, 5) is 22.9. The van der Waals surface area contributed by atoms with Crippen LogP contribution in [0.4, 0.5) is 4.39 Å². The third-order valence-corrected chi connectivity index (χ3v) is 5.79. The summed E-state index contributed by atoms with van der Waals surface area (Å²) in [5.74, 6) is 1.63. The average molecular weight is 410 g/mol. The number of hydrogen-bond donors (Lipinski definition) is 2. The molecule has 30 heavy (non-hydrogen) atoms. The van der Waals surface area contributed by atoms with Crippen molar-refractivity contribution in [1.82, 2.24) is 20.2 Å². The van der Waals surface area contributed by atoms with Crippen LogP contribution in [0.15, 0.2) is 36.4 Å². The molecule has 1 amide bonds. The summed E-state index contributed by atoms with van der Waals surface area (Å²) in [6, 6.07) is 9.82. The molecule has 0 saturated carbocycles. The second kappa shape index (κ2) is 7.60. The molecule has 8 heteroatoms. The van der Waals surface area contributed by atoms with Crippen molar-refractivity contribution < 1.29 is 18.7 Å². The standard InChI is InChI=1S/C22H23FN4O3/c1-27-7-6-15(12-18(27)21-25-16-4-3-14(23)11-17(16)26-21)24-22(28)13-2-5-19-20(10-13)30-9-8-29-19/h2-5,10-11,15,18H,6-9,12H2,1H3,(H,24,28)(H,25,26)/t15?,18-/m1/s1. The molecule has 1 fully saturated rings. The van der Waals surface area contributed by atoms with Crippen molar-refractivity contribution in [1.29, 1.82) is 0 Å². The van der Waals surface area contributed by atoms with E-state index in [1.165, 1.54) is 12.1 Å². The van der Waals surface area contributed by atoms with Crippen LogP contribution in [-0.4, -0.2) is 53.6 Å². The monoisotopic (exact) mass is 410 g/mol. The Bertz CT molecular complexity index is 1100. The van der Waals surface area contributed by atoms with Crippen molar-refractivity contribution in [3.63, 3.8) is 0 Å². The molecule has 0 bridgehead atoms. The van der Waals surface area contributed by atoms with E-state index >= 15 is 0 Å². The summed E-state index contributed by atoms with van der Waals surface area (Å²) in [5, 5.41) is 3.14. The Morgan fingerprint density at radius 1 is 1.20 bits per heavy atom. The van der Waals surface area contributed by atoms with Crippen LogP contribution in [-0.2, 0) is 0 Å². The zero-order valence-corrected chi connectivity index (χ0v) is 16.7. The molecule has 2 aliphatic rings. The Hall–Kier alpha value is -3.13. The van der Waals surface area contributed by atoms with Crippen molar-refractivity contribution in [2.45, 2.75) is 24.9 Å². The average Bonchev–Trinajstić information content (AvgIpc) is 3.17. The third-order valence-electron chi connectivity index (χ3n) is 5.79. The van der Waals surface area contributed by atoms with Gasteiger partial charge in [0.05, 0.1) is 17.1 Å². The van der Waals surface area contributed by atoms with Crippen molar-refractivity contribution in [2.75, 3.05) is 26.8 Å². The zero-order valence-electron chi connectivity index (χ0n) is 16.7. The smallest absolute Gasteiger partial charge is 0.251 e. The maximum absolute atomic E-state index is 13.5. The molecular formula is C22H23FN4O3. The van der Waals surface area contributed by atoms with Crippen LogP contribution < -0.4 is 14.8 Å². The molecule has 7 nitrogen and oxygen atoms in total. The Kier molecular flexibility index (Phi) is 4.78. The van der Waals surface area contributed by atoms with E-state index in [4.69, 9.17) is 9.47 Å². The first-order valence-corrected chi connectivity index (χ1v) is 10.1. The van der Waals surface area contributed by atoms with Crippen molar-refractivity contribution in [3.05, 3.63) is 53.6 Å². The highest BCUT2D eigenvalue weighted by Gasteiger charge is 2.30. The van der Waals surface area contributed by atoms with Gasteiger partial charge in [-0.3, -0.25) is 9.69 Å². The molecule has 1 unspecified atom stereocenters. The van der Waals surface area contributed by atoms with E-state index in [2.05, 4.69) is 20.2 Å². The molecule has 1 aromatic heterocycles. The largest absolute Gasteiger partial charge is 0.486 e. The number of nitrogens with zero attached hydrogens (tertiary/aromatic N) is 2. The lowest BCUT2D eigenvalue weighted by Gasteiger charge is -2.36. The Morgan fingerprint density at radius 3 is 2.90 bits per heavy atom. The zero-order chi connectivity index (χ0) is 20.7. The van der Waals surface area contributed by atoms with Gasteiger partial charge in [0, 0.05) is 18.2 Å². The summed E-state index contributed by atoms with van der Waals surface area (Å²) in [5.41, 5.74) is 1.97. The highest BCUT2D eigenvalue weighted by Crippen LogP contribution is 2.32. The number of rotatable bonds is 3. The number of aromatic amines is 1. The number of nitrogens with one attached hydrogen (secondary N) is 2. The lowest BCUT2D eigenvalue weighted by atomic mass is 9.96. The van der Waals surface area contributed by atoms with E-state index in [0.717, 1.165) is 30.7 Å². The molecule has 3 aromatic rings. The lowest BCUT2D eigenvalue weighted by Crippen LogP contribution is -2.45. The molecule has 2 aliphatic heterocycles. The number of imidazole rings is 1. The van der Waals surface area contributed by atoms with Gasteiger partial charge in [0.25, 0.3) is 5.91 Å². The number of carbonyl (C=O) groups is 1. The third kappa shape index (κ3) is 3.59. The summed E-state index contributed by atoms with van der Waals surface area (Å²) < 4.78 is 24.6. The molecule has 3 heterocycles. The molecule has 0 aliphatic carbocycles.